The van der Waals surface area contributed by atoms with Gasteiger partial charge >= 0.3 is 5.69 Å². The van der Waals surface area contributed by atoms with Crippen LogP contribution in [0.25, 0.3) is 0 Å². The number of halogens is 2. The third kappa shape index (κ3) is 4.28. The number of carbonyl (C=O) groups excluding carboxylic acids is 3. The Kier molecular flexibility index (Phi) is 6.12. The minimum absolute atomic E-state index is 0.0159. The fourth-order valence-corrected chi connectivity index (χ4v) is 5.44. The average molecular weight is 557 g/mol. The van der Waals surface area contributed by atoms with Crippen molar-refractivity contribution in [1.29, 1.82) is 0 Å². The number of benzene rings is 2. The summed E-state index contributed by atoms with van der Waals surface area (Å²) in [6.45, 7) is -0.596. The molecule has 1 N–H and O–H groups in total. The Hall–Kier alpha value is -3.93. The van der Waals surface area contributed by atoms with Gasteiger partial charge in [-0.1, -0.05) is 28.1 Å². The van der Waals surface area contributed by atoms with E-state index in [-0.39, 0.29) is 23.1 Å². The number of carbonyl (C=O) groups is 3. The predicted octanol–water partition coefficient (Wildman–Crippen LogP) is 3.65. The van der Waals surface area contributed by atoms with Gasteiger partial charge in [0, 0.05) is 21.8 Å². The van der Waals surface area contributed by atoms with Crippen LogP contribution in [0.15, 0.2) is 58.1 Å². The number of fused-ring (bicyclic) bond motifs is 5. The van der Waals surface area contributed by atoms with E-state index in [9.17, 15) is 28.9 Å². The highest BCUT2D eigenvalue weighted by Crippen LogP contribution is 2.52. The van der Waals surface area contributed by atoms with Crippen LogP contribution in [0.3, 0.4) is 0 Å². The van der Waals surface area contributed by atoms with Crippen LogP contribution in [-0.2, 0) is 14.4 Å². The second-order valence-corrected chi connectivity index (χ2v) is 9.59. The summed E-state index contributed by atoms with van der Waals surface area (Å²) in [5.74, 6) is -3.01. The molecule has 2 fully saturated rings. The molecule has 2 aromatic carbocycles. The standard InChI is InChI=1S/C24H18BrFN4O6/c25-15-8-14(10-27-29-23(32)20-12-1-2-13(7-12)21(20)24(29)33)22(18(9-15)30(34)35)36-11-19(31)28-17-5-3-16(26)4-6-17/h1-6,8-10,12-13,20-21H,7,11H2,(H,28,31)/t12-,13-,20-,21+/m0/s1. The number of hydrazone groups is 1. The number of hydrogen-bond donors (Lipinski definition) is 1. The van der Waals surface area contributed by atoms with Gasteiger partial charge < -0.3 is 10.1 Å². The summed E-state index contributed by atoms with van der Waals surface area (Å²) in [5, 5.41) is 19.0. The van der Waals surface area contributed by atoms with Gasteiger partial charge in [-0.2, -0.15) is 10.1 Å². The number of nitro benzene ring substituents is 1. The summed E-state index contributed by atoms with van der Waals surface area (Å²) < 4.78 is 18.9. The van der Waals surface area contributed by atoms with Gasteiger partial charge in [0.05, 0.1) is 23.0 Å². The monoisotopic (exact) mass is 556 g/mol. The van der Waals surface area contributed by atoms with E-state index in [0.29, 0.717) is 10.2 Å². The Morgan fingerprint density at radius 2 is 1.83 bits per heavy atom. The molecular weight excluding hydrogens is 539 g/mol. The molecule has 1 saturated carbocycles. The van der Waals surface area contributed by atoms with Crippen molar-refractivity contribution in [2.45, 2.75) is 6.42 Å². The average Bonchev–Trinajstić information content (AvgIpc) is 3.52. The van der Waals surface area contributed by atoms with Crippen LogP contribution in [0.2, 0.25) is 0 Å². The quantitative estimate of drug-likeness (QED) is 0.182. The van der Waals surface area contributed by atoms with E-state index in [1.54, 1.807) is 0 Å². The summed E-state index contributed by atoms with van der Waals surface area (Å²) in [4.78, 5) is 49.1. The van der Waals surface area contributed by atoms with Crippen molar-refractivity contribution < 1.29 is 28.4 Å². The van der Waals surface area contributed by atoms with Crippen molar-refractivity contribution in [3.05, 3.63) is 74.5 Å². The minimum Gasteiger partial charge on any atom is -0.476 e. The molecule has 3 amide bonds. The molecule has 0 unspecified atom stereocenters. The van der Waals surface area contributed by atoms with Gasteiger partial charge in [0.25, 0.3) is 17.7 Å². The molecule has 1 heterocycles. The number of hydrogen-bond acceptors (Lipinski definition) is 7. The van der Waals surface area contributed by atoms with Gasteiger partial charge in [0.1, 0.15) is 5.82 Å². The molecule has 12 heteroatoms. The van der Waals surface area contributed by atoms with E-state index in [1.165, 1.54) is 36.4 Å². The Balaban J connectivity index is 1.37. The van der Waals surface area contributed by atoms with Crippen LogP contribution in [0, 0.1) is 39.6 Å². The molecule has 0 spiro atoms. The van der Waals surface area contributed by atoms with Crippen LogP contribution in [0.4, 0.5) is 15.8 Å². The fourth-order valence-electron chi connectivity index (χ4n) is 4.98. The Bertz CT molecular complexity index is 1310. The van der Waals surface area contributed by atoms with Crippen LogP contribution in [0.1, 0.15) is 12.0 Å². The van der Waals surface area contributed by atoms with E-state index in [2.05, 4.69) is 26.3 Å². The maximum atomic E-state index is 13.1. The van der Waals surface area contributed by atoms with Gasteiger partial charge in [0.15, 0.2) is 6.61 Å². The highest BCUT2D eigenvalue weighted by molar-refractivity contribution is 9.10. The summed E-state index contributed by atoms with van der Waals surface area (Å²) >= 11 is 3.20. The van der Waals surface area contributed by atoms with Crippen molar-refractivity contribution in [3.63, 3.8) is 0 Å². The smallest absolute Gasteiger partial charge is 0.312 e. The molecule has 1 aliphatic heterocycles. The topological polar surface area (TPSA) is 131 Å². The van der Waals surface area contributed by atoms with Crippen molar-refractivity contribution in [2.75, 3.05) is 11.9 Å². The summed E-state index contributed by atoms with van der Waals surface area (Å²) in [6, 6.07) is 7.71. The normalized spacial score (nSPS) is 24.0. The molecule has 1 saturated heterocycles. The van der Waals surface area contributed by atoms with Crippen LogP contribution < -0.4 is 10.1 Å². The zero-order chi connectivity index (χ0) is 25.6. The maximum absolute atomic E-state index is 13.1. The lowest BCUT2D eigenvalue weighted by Gasteiger charge is -2.13. The maximum Gasteiger partial charge on any atom is 0.312 e. The first kappa shape index (κ1) is 23.8. The first-order chi connectivity index (χ1) is 17.2. The van der Waals surface area contributed by atoms with E-state index < -0.39 is 52.6 Å². The lowest BCUT2D eigenvalue weighted by molar-refractivity contribution is -0.385. The molecule has 2 aliphatic carbocycles. The lowest BCUT2D eigenvalue weighted by Crippen LogP contribution is -2.28. The second-order valence-electron chi connectivity index (χ2n) is 8.68. The number of anilines is 1. The first-order valence-electron chi connectivity index (χ1n) is 11.0. The molecule has 4 atom stereocenters. The summed E-state index contributed by atoms with van der Waals surface area (Å²) in [7, 11) is 0. The van der Waals surface area contributed by atoms with Gasteiger partial charge in [-0.05, 0) is 48.6 Å². The molecule has 0 aromatic heterocycles. The molecule has 0 radical (unpaired) electrons. The summed E-state index contributed by atoms with van der Waals surface area (Å²) in [5.41, 5.74) is -0.0415. The van der Waals surface area contributed by atoms with Crippen molar-refractivity contribution in [3.8, 4) is 5.75 Å². The Morgan fingerprint density at radius 1 is 1.19 bits per heavy atom. The number of nitrogens with zero attached hydrogens (tertiary/aromatic N) is 3. The van der Waals surface area contributed by atoms with E-state index in [4.69, 9.17) is 4.74 Å². The molecule has 2 aromatic rings. The zero-order valence-corrected chi connectivity index (χ0v) is 20.1. The molecule has 184 valence electrons. The second kappa shape index (κ2) is 9.26. The lowest BCUT2D eigenvalue weighted by atomic mass is 9.85. The van der Waals surface area contributed by atoms with Crippen LogP contribution >= 0.6 is 15.9 Å². The predicted molar refractivity (Wildman–Crippen MR) is 128 cm³/mol. The molecular formula is C24H18BrFN4O6. The number of amides is 3. The van der Waals surface area contributed by atoms with Crippen LogP contribution in [-0.4, -0.2) is 40.5 Å². The zero-order valence-electron chi connectivity index (χ0n) is 18.5. The Labute approximate surface area is 212 Å². The SMILES string of the molecule is O=C(COc1c(C=NN2C(=O)[C@@H]3[C@H](C2=O)[C@H]2C=C[C@H]3C2)cc(Br)cc1[N+](=O)[O-])Nc1ccc(F)cc1. The highest BCUT2D eigenvalue weighted by Gasteiger charge is 2.59. The number of ether oxygens (including phenoxy) is 1. The third-order valence-corrected chi connectivity index (χ3v) is 6.95. The number of nitro groups is 1. The van der Waals surface area contributed by atoms with Gasteiger partial charge in [-0.3, -0.25) is 24.5 Å². The van der Waals surface area contributed by atoms with Crippen molar-refractivity contribution in [2.24, 2.45) is 28.8 Å². The van der Waals surface area contributed by atoms with E-state index >= 15 is 0 Å². The summed E-state index contributed by atoms with van der Waals surface area (Å²) in [6.07, 6.45) is 5.84. The molecule has 10 nitrogen and oxygen atoms in total. The third-order valence-electron chi connectivity index (χ3n) is 6.49. The van der Waals surface area contributed by atoms with Gasteiger partial charge in [0.2, 0.25) is 5.75 Å². The molecule has 36 heavy (non-hydrogen) atoms. The van der Waals surface area contributed by atoms with Gasteiger partial charge in [-0.25, -0.2) is 4.39 Å². The number of allylic oxidation sites excluding steroid dienone is 2. The van der Waals surface area contributed by atoms with Gasteiger partial charge in [-0.15, -0.1) is 0 Å². The minimum atomic E-state index is -0.685. The highest BCUT2D eigenvalue weighted by atomic mass is 79.9. The van der Waals surface area contributed by atoms with Crippen LogP contribution in [0.5, 0.6) is 5.75 Å². The first-order valence-corrected chi connectivity index (χ1v) is 11.8. The number of nitrogens with one attached hydrogen (secondary N) is 1. The number of rotatable bonds is 7. The molecule has 3 aliphatic rings. The molecule has 2 bridgehead atoms. The fraction of sp³-hybridized carbons (Fsp3) is 0.250. The Morgan fingerprint density at radius 3 is 2.44 bits per heavy atom. The molecule has 5 rings (SSSR count). The van der Waals surface area contributed by atoms with E-state index in [1.807, 2.05) is 12.2 Å². The van der Waals surface area contributed by atoms with Crippen molar-refractivity contribution in [1.82, 2.24) is 5.01 Å². The number of imide groups is 1. The largest absolute Gasteiger partial charge is 0.476 e. The van der Waals surface area contributed by atoms with E-state index in [0.717, 1.165) is 17.6 Å². The van der Waals surface area contributed by atoms with Crippen molar-refractivity contribution >= 4 is 51.2 Å².